The highest BCUT2D eigenvalue weighted by molar-refractivity contribution is 5.54. The van der Waals surface area contributed by atoms with E-state index in [1.165, 1.54) is 16.8 Å². The van der Waals surface area contributed by atoms with Crippen LogP contribution in [-0.4, -0.2) is 44.6 Å². The Bertz CT molecular complexity index is 415. The highest BCUT2D eigenvalue weighted by Crippen LogP contribution is 2.25. The molecule has 20 heavy (non-hydrogen) atoms. The van der Waals surface area contributed by atoms with Gasteiger partial charge in [0, 0.05) is 25.3 Å². The Morgan fingerprint density at radius 1 is 1.35 bits per heavy atom. The van der Waals surface area contributed by atoms with E-state index in [9.17, 15) is 0 Å². The second-order valence-corrected chi connectivity index (χ2v) is 5.43. The largest absolute Gasteiger partial charge is 0.394 e. The molecule has 1 fully saturated rings. The van der Waals surface area contributed by atoms with Crippen molar-refractivity contribution < 1.29 is 9.84 Å². The third-order valence-corrected chi connectivity index (χ3v) is 3.87. The Balaban J connectivity index is 1.93. The van der Waals surface area contributed by atoms with Gasteiger partial charge in [0.25, 0.3) is 0 Å². The van der Waals surface area contributed by atoms with E-state index in [0.29, 0.717) is 12.7 Å². The van der Waals surface area contributed by atoms with Crippen molar-refractivity contribution in [2.24, 2.45) is 0 Å². The average molecular weight is 278 g/mol. The fourth-order valence-electron chi connectivity index (χ4n) is 2.87. The summed E-state index contributed by atoms with van der Waals surface area (Å²) in [7, 11) is 1.97. The number of ether oxygens (including phenoxy) is 1. The molecule has 0 unspecified atom stereocenters. The molecule has 4 heteroatoms. The van der Waals surface area contributed by atoms with E-state index in [4.69, 9.17) is 9.84 Å². The number of nitrogens with one attached hydrogen (secondary N) is 1. The molecule has 1 heterocycles. The summed E-state index contributed by atoms with van der Waals surface area (Å²) in [6, 6.07) is 6.70. The predicted molar refractivity (Wildman–Crippen MR) is 82.2 cm³/mol. The van der Waals surface area contributed by atoms with E-state index < -0.39 is 0 Å². The van der Waals surface area contributed by atoms with Crippen LogP contribution in [0.4, 0.5) is 5.69 Å². The van der Waals surface area contributed by atoms with Crippen LogP contribution >= 0.6 is 0 Å². The van der Waals surface area contributed by atoms with Crippen molar-refractivity contribution in [2.45, 2.75) is 32.4 Å². The smallest absolute Gasteiger partial charge is 0.0701 e. The minimum absolute atomic E-state index is 0.117. The van der Waals surface area contributed by atoms with Crippen LogP contribution in [-0.2, 0) is 11.3 Å². The van der Waals surface area contributed by atoms with Crippen molar-refractivity contribution in [1.82, 2.24) is 5.32 Å². The topological polar surface area (TPSA) is 44.7 Å². The molecule has 0 saturated carbocycles. The summed E-state index contributed by atoms with van der Waals surface area (Å²) in [5.41, 5.74) is 4.01. The van der Waals surface area contributed by atoms with E-state index in [0.717, 1.165) is 32.5 Å². The zero-order chi connectivity index (χ0) is 14.4. The van der Waals surface area contributed by atoms with Gasteiger partial charge in [0.2, 0.25) is 0 Å². The summed E-state index contributed by atoms with van der Waals surface area (Å²) in [6.45, 7) is 5.74. The molecule has 0 aliphatic carbocycles. The third-order valence-electron chi connectivity index (χ3n) is 3.87. The molecule has 4 nitrogen and oxygen atoms in total. The Labute approximate surface area is 121 Å². The number of aliphatic hydroxyl groups excluding tert-OH is 1. The van der Waals surface area contributed by atoms with Crippen molar-refractivity contribution in [3.8, 4) is 0 Å². The molecular formula is C16H26N2O2. The van der Waals surface area contributed by atoms with Crippen molar-refractivity contribution in [3.63, 3.8) is 0 Å². The van der Waals surface area contributed by atoms with Gasteiger partial charge in [-0.05, 0) is 44.0 Å². The van der Waals surface area contributed by atoms with Gasteiger partial charge in [0.15, 0.2) is 0 Å². The highest BCUT2D eigenvalue weighted by atomic mass is 16.5. The summed E-state index contributed by atoms with van der Waals surface area (Å²) in [5, 5.41) is 12.0. The molecule has 0 spiro atoms. The first-order valence-electron chi connectivity index (χ1n) is 7.46. The van der Waals surface area contributed by atoms with Crippen LogP contribution in [0, 0.1) is 6.92 Å². The molecule has 1 aliphatic heterocycles. The number of aliphatic hydroxyl groups is 1. The normalized spacial score (nSPS) is 16.6. The van der Waals surface area contributed by atoms with Crippen LogP contribution < -0.4 is 10.2 Å². The first kappa shape index (κ1) is 15.3. The third kappa shape index (κ3) is 3.95. The first-order chi connectivity index (χ1) is 9.74. The number of anilines is 1. The van der Waals surface area contributed by atoms with Gasteiger partial charge in [0.05, 0.1) is 19.3 Å². The molecule has 2 rings (SSSR count). The molecule has 0 aromatic heterocycles. The lowest BCUT2D eigenvalue weighted by molar-refractivity contribution is 0.0159. The summed E-state index contributed by atoms with van der Waals surface area (Å²) >= 11 is 0. The van der Waals surface area contributed by atoms with Gasteiger partial charge in [-0.25, -0.2) is 0 Å². The molecule has 0 radical (unpaired) electrons. The van der Waals surface area contributed by atoms with Gasteiger partial charge in [0.1, 0.15) is 0 Å². The van der Waals surface area contributed by atoms with E-state index in [2.05, 4.69) is 35.3 Å². The van der Waals surface area contributed by atoms with Gasteiger partial charge in [-0.1, -0.05) is 12.1 Å². The Morgan fingerprint density at radius 2 is 2.10 bits per heavy atom. The molecule has 112 valence electrons. The lowest BCUT2D eigenvalue weighted by Gasteiger charge is -2.34. The number of nitrogens with zero attached hydrogens (tertiary/aromatic N) is 1. The quantitative estimate of drug-likeness (QED) is 0.831. The maximum Gasteiger partial charge on any atom is 0.0701 e. The minimum atomic E-state index is 0.117. The SMILES string of the molecule is CNCc1ccc(N2CCC(OCCO)CC2)c(C)c1. The average Bonchev–Trinajstić information content (AvgIpc) is 2.46. The van der Waals surface area contributed by atoms with Crippen LogP contribution in [0.25, 0.3) is 0 Å². The van der Waals surface area contributed by atoms with Crippen LogP contribution in [0.15, 0.2) is 18.2 Å². The number of aryl methyl sites for hydroxylation is 1. The van der Waals surface area contributed by atoms with Gasteiger partial charge in [-0.15, -0.1) is 0 Å². The van der Waals surface area contributed by atoms with Crippen molar-refractivity contribution >= 4 is 5.69 Å². The monoisotopic (exact) mass is 278 g/mol. The Hall–Kier alpha value is -1.10. The standard InChI is InChI=1S/C16H26N2O2/c1-13-11-14(12-17-2)3-4-16(13)18-7-5-15(6-8-18)20-10-9-19/h3-4,11,15,17,19H,5-10,12H2,1-2H3. The maximum absolute atomic E-state index is 8.79. The van der Waals surface area contributed by atoms with Gasteiger partial charge in [-0.3, -0.25) is 0 Å². The molecule has 1 aromatic carbocycles. The fraction of sp³-hybridized carbons (Fsp3) is 0.625. The number of hydrogen-bond donors (Lipinski definition) is 2. The molecule has 1 aromatic rings. The highest BCUT2D eigenvalue weighted by Gasteiger charge is 2.20. The van der Waals surface area contributed by atoms with Crippen LogP contribution in [0.3, 0.4) is 0 Å². The molecule has 1 saturated heterocycles. The Morgan fingerprint density at radius 3 is 2.70 bits per heavy atom. The van der Waals surface area contributed by atoms with Gasteiger partial charge < -0.3 is 20.1 Å². The summed E-state index contributed by atoms with van der Waals surface area (Å²) in [4.78, 5) is 2.44. The second kappa shape index (κ2) is 7.62. The molecule has 2 N–H and O–H groups in total. The van der Waals surface area contributed by atoms with Crippen molar-refractivity contribution in [2.75, 3.05) is 38.3 Å². The fourth-order valence-corrected chi connectivity index (χ4v) is 2.87. The molecule has 0 bridgehead atoms. The number of hydrogen-bond acceptors (Lipinski definition) is 4. The lowest BCUT2D eigenvalue weighted by Crippen LogP contribution is -2.37. The molecule has 0 amide bonds. The number of rotatable bonds is 6. The number of benzene rings is 1. The zero-order valence-electron chi connectivity index (χ0n) is 12.6. The van der Waals surface area contributed by atoms with E-state index in [1.54, 1.807) is 0 Å². The van der Waals surface area contributed by atoms with Crippen LogP contribution in [0.5, 0.6) is 0 Å². The van der Waals surface area contributed by atoms with Crippen molar-refractivity contribution in [1.29, 1.82) is 0 Å². The second-order valence-electron chi connectivity index (χ2n) is 5.43. The minimum Gasteiger partial charge on any atom is -0.394 e. The van der Waals surface area contributed by atoms with Crippen LogP contribution in [0.1, 0.15) is 24.0 Å². The summed E-state index contributed by atoms with van der Waals surface area (Å²) in [5.74, 6) is 0. The van der Waals surface area contributed by atoms with Gasteiger partial charge in [-0.2, -0.15) is 0 Å². The predicted octanol–water partition coefficient (Wildman–Crippen LogP) is 1.69. The molecule has 1 aliphatic rings. The lowest BCUT2D eigenvalue weighted by atomic mass is 10.0. The maximum atomic E-state index is 8.79. The van der Waals surface area contributed by atoms with E-state index in [1.807, 2.05) is 7.05 Å². The zero-order valence-corrected chi connectivity index (χ0v) is 12.6. The summed E-state index contributed by atoms with van der Waals surface area (Å²) in [6.07, 6.45) is 2.39. The van der Waals surface area contributed by atoms with Crippen LogP contribution in [0.2, 0.25) is 0 Å². The molecule has 0 atom stereocenters. The van der Waals surface area contributed by atoms with E-state index >= 15 is 0 Å². The van der Waals surface area contributed by atoms with Crippen molar-refractivity contribution in [3.05, 3.63) is 29.3 Å². The van der Waals surface area contributed by atoms with E-state index in [-0.39, 0.29) is 6.61 Å². The van der Waals surface area contributed by atoms with Gasteiger partial charge >= 0.3 is 0 Å². The number of piperidine rings is 1. The molecular weight excluding hydrogens is 252 g/mol. The summed E-state index contributed by atoms with van der Waals surface area (Å²) < 4.78 is 5.61. The Kier molecular flexibility index (Phi) is 5.83. The first-order valence-corrected chi connectivity index (χ1v) is 7.46.